The first kappa shape index (κ1) is 10.6. The third-order valence-corrected chi connectivity index (χ3v) is 3.32. The summed E-state index contributed by atoms with van der Waals surface area (Å²) in [4.78, 5) is 12.5. The van der Waals surface area contributed by atoms with E-state index in [0.717, 1.165) is 11.4 Å². The first-order valence-corrected chi connectivity index (χ1v) is 5.62. The monoisotopic (exact) mass is 221 g/mol. The SMILES string of the molecule is CC1(CNC(=O)c2ccccc2S)CC1. The number of carbonyl (C=O) groups is 1. The molecule has 0 heterocycles. The average Bonchev–Trinajstić information content (AvgIpc) is 2.95. The summed E-state index contributed by atoms with van der Waals surface area (Å²) in [6, 6.07) is 7.36. The van der Waals surface area contributed by atoms with Crippen molar-refractivity contribution in [2.24, 2.45) is 5.41 Å². The van der Waals surface area contributed by atoms with E-state index >= 15 is 0 Å². The van der Waals surface area contributed by atoms with Gasteiger partial charge in [-0.2, -0.15) is 0 Å². The molecule has 0 radical (unpaired) electrons. The molecule has 2 nitrogen and oxygen atoms in total. The molecule has 1 aliphatic rings. The molecule has 15 heavy (non-hydrogen) atoms. The quantitative estimate of drug-likeness (QED) is 0.754. The lowest BCUT2D eigenvalue weighted by Crippen LogP contribution is -2.29. The van der Waals surface area contributed by atoms with E-state index in [2.05, 4.69) is 24.9 Å². The molecule has 2 rings (SSSR count). The van der Waals surface area contributed by atoms with Crippen LogP contribution in [0.3, 0.4) is 0 Å². The number of hydrogen-bond donors (Lipinski definition) is 2. The van der Waals surface area contributed by atoms with Crippen LogP contribution in [0.2, 0.25) is 0 Å². The fourth-order valence-electron chi connectivity index (χ4n) is 1.44. The Morgan fingerprint density at radius 1 is 1.47 bits per heavy atom. The van der Waals surface area contributed by atoms with Crippen molar-refractivity contribution in [2.45, 2.75) is 24.7 Å². The van der Waals surface area contributed by atoms with Gasteiger partial charge in [0.2, 0.25) is 0 Å². The van der Waals surface area contributed by atoms with Crippen molar-refractivity contribution < 1.29 is 4.79 Å². The molecule has 0 atom stereocenters. The molecule has 0 aromatic heterocycles. The minimum Gasteiger partial charge on any atom is -0.351 e. The largest absolute Gasteiger partial charge is 0.351 e. The van der Waals surface area contributed by atoms with Gasteiger partial charge in [-0.15, -0.1) is 12.6 Å². The van der Waals surface area contributed by atoms with Crippen LogP contribution in [0.1, 0.15) is 30.1 Å². The summed E-state index contributed by atoms with van der Waals surface area (Å²) in [6.07, 6.45) is 2.44. The maximum Gasteiger partial charge on any atom is 0.252 e. The Bertz CT molecular complexity index is 385. The highest BCUT2D eigenvalue weighted by atomic mass is 32.1. The number of amides is 1. The molecule has 0 aliphatic heterocycles. The van der Waals surface area contributed by atoms with E-state index in [1.807, 2.05) is 18.2 Å². The molecule has 0 spiro atoms. The van der Waals surface area contributed by atoms with E-state index in [9.17, 15) is 4.79 Å². The number of benzene rings is 1. The molecule has 1 saturated carbocycles. The summed E-state index contributed by atoms with van der Waals surface area (Å²) in [6.45, 7) is 2.97. The van der Waals surface area contributed by atoms with Gasteiger partial charge in [-0.25, -0.2) is 0 Å². The first-order chi connectivity index (χ1) is 7.11. The summed E-state index contributed by atoms with van der Waals surface area (Å²) < 4.78 is 0. The van der Waals surface area contributed by atoms with Gasteiger partial charge in [-0.1, -0.05) is 19.1 Å². The summed E-state index contributed by atoms with van der Waals surface area (Å²) in [5.74, 6) is -0.0197. The van der Waals surface area contributed by atoms with Crippen molar-refractivity contribution in [3.63, 3.8) is 0 Å². The molecular weight excluding hydrogens is 206 g/mol. The molecule has 1 fully saturated rings. The number of nitrogens with one attached hydrogen (secondary N) is 1. The van der Waals surface area contributed by atoms with Gasteiger partial charge in [-0.05, 0) is 30.4 Å². The molecule has 80 valence electrons. The molecule has 0 unspecified atom stereocenters. The highest BCUT2D eigenvalue weighted by molar-refractivity contribution is 7.80. The molecule has 1 aromatic carbocycles. The summed E-state index contributed by atoms with van der Waals surface area (Å²) in [5.41, 5.74) is 1.01. The third-order valence-electron chi connectivity index (χ3n) is 2.93. The Balaban J connectivity index is 1.99. The third kappa shape index (κ3) is 2.53. The van der Waals surface area contributed by atoms with E-state index < -0.39 is 0 Å². The molecule has 3 heteroatoms. The van der Waals surface area contributed by atoms with Crippen molar-refractivity contribution in [2.75, 3.05) is 6.54 Å². The normalized spacial score (nSPS) is 17.2. The number of rotatable bonds is 3. The number of hydrogen-bond acceptors (Lipinski definition) is 2. The lowest BCUT2D eigenvalue weighted by molar-refractivity contribution is 0.0943. The highest BCUT2D eigenvalue weighted by Crippen LogP contribution is 2.44. The van der Waals surface area contributed by atoms with Gasteiger partial charge in [0.25, 0.3) is 5.91 Å². The predicted molar refractivity (Wildman–Crippen MR) is 63.4 cm³/mol. The Hall–Kier alpha value is -0.960. The van der Waals surface area contributed by atoms with E-state index in [-0.39, 0.29) is 5.91 Å². The molecule has 1 N–H and O–H groups in total. The molecule has 0 saturated heterocycles. The van der Waals surface area contributed by atoms with E-state index in [4.69, 9.17) is 0 Å². The van der Waals surface area contributed by atoms with E-state index in [1.54, 1.807) is 6.07 Å². The van der Waals surface area contributed by atoms with Crippen LogP contribution in [0.4, 0.5) is 0 Å². The number of thiol groups is 1. The van der Waals surface area contributed by atoms with Gasteiger partial charge in [0.05, 0.1) is 5.56 Å². The van der Waals surface area contributed by atoms with Gasteiger partial charge in [0.1, 0.15) is 0 Å². The fraction of sp³-hybridized carbons (Fsp3) is 0.417. The van der Waals surface area contributed by atoms with Gasteiger partial charge in [0.15, 0.2) is 0 Å². The van der Waals surface area contributed by atoms with E-state index in [1.165, 1.54) is 12.8 Å². The molecule has 1 aliphatic carbocycles. The Labute approximate surface area is 95.5 Å². The van der Waals surface area contributed by atoms with Crippen molar-refractivity contribution in [3.05, 3.63) is 29.8 Å². The van der Waals surface area contributed by atoms with Crippen LogP contribution < -0.4 is 5.32 Å². The van der Waals surface area contributed by atoms with Crippen molar-refractivity contribution in [1.29, 1.82) is 0 Å². The van der Waals surface area contributed by atoms with Crippen LogP contribution in [-0.4, -0.2) is 12.5 Å². The summed E-state index contributed by atoms with van der Waals surface area (Å²) in [5, 5.41) is 2.95. The zero-order valence-electron chi connectivity index (χ0n) is 8.79. The maximum absolute atomic E-state index is 11.8. The second-order valence-electron chi connectivity index (χ2n) is 4.51. The molecule has 1 aromatic rings. The summed E-state index contributed by atoms with van der Waals surface area (Å²) >= 11 is 4.26. The topological polar surface area (TPSA) is 29.1 Å². The standard InChI is InChI=1S/C12H15NOS/c1-12(6-7-12)8-13-11(14)9-4-2-3-5-10(9)15/h2-5,15H,6-8H2,1H3,(H,13,14). The van der Waals surface area contributed by atoms with Gasteiger partial charge in [-0.3, -0.25) is 4.79 Å². The second-order valence-corrected chi connectivity index (χ2v) is 4.99. The van der Waals surface area contributed by atoms with Crippen LogP contribution in [0.25, 0.3) is 0 Å². The van der Waals surface area contributed by atoms with Crippen molar-refractivity contribution >= 4 is 18.5 Å². The predicted octanol–water partition coefficient (Wildman–Crippen LogP) is 2.51. The van der Waals surface area contributed by atoms with Gasteiger partial charge in [0, 0.05) is 11.4 Å². The maximum atomic E-state index is 11.8. The molecular formula is C12H15NOS. The fourth-order valence-corrected chi connectivity index (χ4v) is 1.71. The second kappa shape index (κ2) is 3.89. The van der Waals surface area contributed by atoms with Crippen LogP contribution >= 0.6 is 12.6 Å². The zero-order chi connectivity index (χ0) is 10.9. The van der Waals surface area contributed by atoms with Crippen molar-refractivity contribution in [3.8, 4) is 0 Å². The lowest BCUT2D eigenvalue weighted by atomic mass is 10.1. The van der Waals surface area contributed by atoms with Crippen LogP contribution in [0.5, 0.6) is 0 Å². The summed E-state index contributed by atoms with van der Waals surface area (Å²) in [7, 11) is 0. The van der Waals surface area contributed by atoms with E-state index in [0.29, 0.717) is 11.0 Å². The van der Waals surface area contributed by atoms with Gasteiger partial charge < -0.3 is 5.32 Å². The minimum absolute atomic E-state index is 0.0197. The van der Waals surface area contributed by atoms with Crippen LogP contribution in [-0.2, 0) is 0 Å². The average molecular weight is 221 g/mol. The Morgan fingerprint density at radius 2 is 2.13 bits per heavy atom. The van der Waals surface area contributed by atoms with Crippen LogP contribution in [0, 0.1) is 5.41 Å². The Kier molecular flexibility index (Phi) is 2.74. The smallest absolute Gasteiger partial charge is 0.252 e. The molecule has 1 amide bonds. The van der Waals surface area contributed by atoms with Gasteiger partial charge >= 0.3 is 0 Å². The Morgan fingerprint density at radius 3 is 2.73 bits per heavy atom. The molecule has 0 bridgehead atoms. The lowest BCUT2D eigenvalue weighted by Gasteiger charge is -2.10. The number of carbonyl (C=O) groups excluding carboxylic acids is 1. The first-order valence-electron chi connectivity index (χ1n) is 5.17. The van der Waals surface area contributed by atoms with Crippen molar-refractivity contribution in [1.82, 2.24) is 5.32 Å². The zero-order valence-corrected chi connectivity index (χ0v) is 9.68. The minimum atomic E-state index is -0.0197. The van der Waals surface area contributed by atoms with Crippen LogP contribution in [0.15, 0.2) is 29.2 Å². The highest BCUT2D eigenvalue weighted by Gasteiger charge is 2.37.